The standard InChI is InChI=1S/C19H17N5O5S/c1-3-29-19(26)16-10(2)15-17(25)21-14(22-18(15)30-16)6-7-23-9-20-12-8-11(24(27)28)4-5-13(12)23/h4-5,8-9H,3,6-7H2,1-2H3,(H,21,22,25). The number of thiophene rings is 1. The van der Waals surface area contributed by atoms with E-state index in [2.05, 4.69) is 15.0 Å². The Kier molecular flexibility index (Phi) is 5.04. The highest BCUT2D eigenvalue weighted by atomic mass is 32.1. The molecule has 0 spiro atoms. The van der Waals surface area contributed by atoms with Crippen molar-refractivity contribution in [1.29, 1.82) is 0 Å². The van der Waals surface area contributed by atoms with Crippen LogP contribution in [0.3, 0.4) is 0 Å². The molecule has 10 nitrogen and oxygen atoms in total. The molecule has 0 saturated carbocycles. The molecule has 0 fully saturated rings. The van der Waals surface area contributed by atoms with Gasteiger partial charge in [0.15, 0.2) is 0 Å². The summed E-state index contributed by atoms with van der Waals surface area (Å²) in [5.74, 6) is 0.0193. The summed E-state index contributed by atoms with van der Waals surface area (Å²) in [6.45, 7) is 4.15. The van der Waals surface area contributed by atoms with Crippen LogP contribution >= 0.6 is 11.3 Å². The van der Waals surface area contributed by atoms with Crippen LogP contribution in [0.2, 0.25) is 0 Å². The van der Waals surface area contributed by atoms with Crippen molar-refractivity contribution in [3.8, 4) is 0 Å². The second-order valence-electron chi connectivity index (χ2n) is 6.59. The van der Waals surface area contributed by atoms with Crippen LogP contribution in [0.15, 0.2) is 29.3 Å². The number of imidazole rings is 1. The molecule has 0 unspecified atom stereocenters. The third-order valence-corrected chi connectivity index (χ3v) is 5.88. The normalized spacial score (nSPS) is 11.3. The van der Waals surface area contributed by atoms with Crippen LogP contribution in [0.1, 0.15) is 28.0 Å². The highest BCUT2D eigenvalue weighted by Crippen LogP contribution is 2.27. The number of aromatic amines is 1. The van der Waals surface area contributed by atoms with Gasteiger partial charge < -0.3 is 14.3 Å². The van der Waals surface area contributed by atoms with E-state index in [1.807, 2.05) is 4.57 Å². The molecule has 11 heteroatoms. The van der Waals surface area contributed by atoms with Crippen molar-refractivity contribution in [2.24, 2.45) is 0 Å². The molecule has 0 amide bonds. The first-order chi connectivity index (χ1) is 14.4. The van der Waals surface area contributed by atoms with E-state index in [9.17, 15) is 19.7 Å². The van der Waals surface area contributed by atoms with Crippen LogP contribution in [0.4, 0.5) is 5.69 Å². The Balaban J connectivity index is 1.62. The number of rotatable bonds is 6. The first-order valence-corrected chi connectivity index (χ1v) is 9.99. The van der Waals surface area contributed by atoms with Gasteiger partial charge in [-0.3, -0.25) is 14.9 Å². The number of aryl methyl sites for hydroxylation is 3. The summed E-state index contributed by atoms with van der Waals surface area (Å²) in [7, 11) is 0. The predicted molar refractivity (Wildman–Crippen MR) is 111 cm³/mol. The Labute approximate surface area is 173 Å². The van der Waals surface area contributed by atoms with Crippen molar-refractivity contribution < 1.29 is 14.5 Å². The molecular weight excluding hydrogens is 410 g/mol. The zero-order valence-electron chi connectivity index (χ0n) is 16.2. The molecule has 0 radical (unpaired) electrons. The number of nitrogens with zero attached hydrogens (tertiary/aromatic N) is 4. The molecule has 30 heavy (non-hydrogen) atoms. The van der Waals surface area contributed by atoms with Gasteiger partial charge in [-0.1, -0.05) is 0 Å². The summed E-state index contributed by atoms with van der Waals surface area (Å²) < 4.78 is 6.89. The average molecular weight is 427 g/mol. The van der Waals surface area contributed by atoms with Crippen LogP contribution < -0.4 is 5.56 Å². The number of fused-ring (bicyclic) bond motifs is 2. The minimum Gasteiger partial charge on any atom is -0.462 e. The van der Waals surface area contributed by atoms with E-state index in [1.54, 1.807) is 26.2 Å². The average Bonchev–Trinajstić information content (AvgIpc) is 3.27. The minimum atomic E-state index is -0.462. The van der Waals surface area contributed by atoms with Crippen molar-refractivity contribution in [3.63, 3.8) is 0 Å². The number of ether oxygens (including phenoxy) is 1. The molecule has 4 rings (SSSR count). The predicted octanol–water partition coefficient (Wildman–Crippen LogP) is 2.97. The molecular formula is C19H17N5O5S. The number of hydrogen-bond donors (Lipinski definition) is 1. The molecule has 0 aliphatic heterocycles. The molecule has 154 valence electrons. The van der Waals surface area contributed by atoms with Crippen molar-refractivity contribution in [2.75, 3.05) is 6.61 Å². The Morgan fingerprint density at radius 3 is 2.93 bits per heavy atom. The van der Waals surface area contributed by atoms with Gasteiger partial charge in [-0.15, -0.1) is 11.3 Å². The van der Waals surface area contributed by atoms with Crippen molar-refractivity contribution in [2.45, 2.75) is 26.8 Å². The SMILES string of the molecule is CCOC(=O)c1sc2nc(CCn3cnc4cc([N+](=O)[O-])ccc43)[nH]c(=O)c2c1C. The fourth-order valence-electron chi connectivity index (χ4n) is 3.27. The maximum absolute atomic E-state index is 12.6. The van der Waals surface area contributed by atoms with Crippen molar-refractivity contribution >= 4 is 44.2 Å². The fraction of sp³-hybridized carbons (Fsp3) is 0.263. The molecule has 3 heterocycles. The minimum absolute atomic E-state index is 0.0188. The van der Waals surface area contributed by atoms with Gasteiger partial charge in [0.05, 0.1) is 34.3 Å². The first-order valence-electron chi connectivity index (χ1n) is 9.17. The maximum atomic E-state index is 12.6. The number of hydrogen-bond acceptors (Lipinski definition) is 8. The molecule has 1 N–H and O–H groups in total. The smallest absolute Gasteiger partial charge is 0.348 e. The number of H-pyrrole nitrogens is 1. The van der Waals surface area contributed by atoms with Crippen LogP contribution in [0, 0.1) is 17.0 Å². The second kappa shape index (κ2) is 7.67. The Hall–Kier alpha value is -3.60. The molecule has 0 saturated heterocycles. The van der Waals surface area contributed by atoms with E-state index in [1.165, 1.54) is 12.1 Å². The van der Waals surface area contributed by atoms with Gasteiger partial charge >= 0.3 is 5.97 Å². The number of nitro benzene ring substituents is 1. The fourth-order valence-corrected chi connectivity index (χ4v) is 4.36. The van der Waals surface area contributed by atoms with Gasteiger partial charge in [-0.05, 0) is 25.5 Å². The Morgan fingerprint density at radius 1 is 1.40 bits per heavy atom. The van der Waals surface area contributed by atoms with E-state index >= 15 is 0 Å². The third kappa shape index (κ3) is 3.43. The largest absolute Gasteiger partial charge is 0.462 e. The van der Waals surface area contributed by atoms with Crippen LogP contribution in [-0.2, 0) is 17.7 Å². The highest BCUT2D eigenvalue weighted by molar-refractivity contribution is 7.20. The first kappa shape index (κ1) is 19.7. The molecule has 0 aliphatic carbocycles. The number of carbonyl (C=O) groups is 1. The summed E-state index contributed by atoms with van der Waals surface area (Å²) in [5.41, 5.74) is 1.52. The van der Waals surface area contributed by atoms with E-state index < -0.39 is 10.9 Å². The van der Waals surface area contributed by atoms with Crippen molar-refractivity contribution in [3.05, 3.63) is 61.3 Å². The lowest BCUT2D eigenvalue weighted by Gasteiger charge is -2.04. The molecule has 0 aliphatic rings. The number of aromatic nitrogens is 4. The van der Waals surface area contributed by atoms with E-state index in [-0.39, 0.29) is 17.9 Å². The van der Waals surface area contributed by atoms with Gasteiger partial charge in [0.2, 0.25) is 0 Å². The number of non-ortho nitro benzene ring substituents is 1. The van der Waals surface area contributed by atoms with Crippen LogP contribution in [0.25, 0.3) is 21.3 Å². The lowest BCUT2D eigenvalue weighted by atomic mass is 10.2. The quantitative estimate of drug-likeness (QED) is 0.284. The van der Waals surface area contributed by atoms with Crippen LogP contribution in [0.5, 0.6) is 0 Å². The second-order valence-corrected chi connectivity index (χ2v) is 7.59. The molecule has 3 aromatic heterocycles. The number of nitrogens with one attached hydrogen (secondary N) is 1. The third-order valence-electron chi connectivity index (χ3n) is 4.72. The van der Waals surface area contributed by atoms with E-state index in [0.29, 0.717) is 45.0 Å². The Morgan fingerprint density at radius 2 is 2.20 bits per heavy atom. The van der Waals surface area contributed by atoms with Gasteiger partial charge in [-0.25, -0.2) is 14.8 Å². The number of nitro groups is 1. The van der Waals surface area contributed by atoms with Crippen molar-refractivity contribution in [1.82, 2.24) is 19.5 Å². The Bertz CT molecular complexity index is 1350. The van der Waals surface area contributed by atoms with E-state index in [4.69, 9.17) is 4.74 Å². The lowest BCUT2D eigenvalue weighted by Crippen LogP contribution is -2.13. The summed E-state index contributed by atoms with van der Waals surface area (Å²) in [5, 5.41) is 11.3. The number of esters is 1. The van der Waals surface area contributed by atoms with Gasteiger partial charge in [0.25, 0.3) is 11.2 Å². The lowest BCUT2D eigenvalue weighted by molar-refractivity contribution is -0.384. The van der Waals surface area contributed by atoms with Crippen LogP contribution in [-0.4, -0.2) is 37.0 Å². The van der Waals surface area contributed by atoms with Gasteiger partial charge in [0.1, 0.15) is 15.5 Å². The maximum Gasteiger partial charge on any atom is 0.348 e. The summed E-state index contributed by atoms with van der Waals surface area (Å²) in [6, 6.07) is 4.50. The highest BCUT2D eigenvalue weighted by Gasteiger charge is 2.20. The monoisotopic (exact) mass is 427 g/mol. The zero-order chi connectivity index (χ0) is 21.4. The molecule has 4 aromatic rings. The molecule has 0 bridgehead atoms. The summed E-state index contributed by atoms with van der Waals surface area (Å²) in [6.07, 6.45) is 2.01. The zero-order valence-corrected chi connectivity index (χ0v) is 17.0. The summed E-state index contributed by atoms with van der Waals surface area (Å²) in [4.78, 5) is 47.5. The molecule has 1 aromatic carbocycles. The van der Waals surface area contributed by atoms with Gasteiger partial charge in [-0.2, -0.15) is 0 Å². The number of benzene rings is 1. The van der Waals surface area contributed by atoms with Gasteiger partial charge in [0, 0.05) is 25.1 Å². The summed E-state index contributed by atoms with van der Waals surface area (Å²) >= 11 is 1.14. The molecule has 0 atom stereocenters. The topological polar surface area (TPSA) is 133 Å². The number of carbonyl (C=O) groups excluding carboxylic acids is 1. The van der Waals surface area contributed by atoms with E-state index in [0.717, 1.165) is 16.9 Å².